The van der Waals surface area contributed by atoms with E-state index in [2.05, 4.69) is 20.0 Å². The van der Waals surface area contributed by atoms with E-state index in [1.807, 2.05) is 0 Å². The van der Waals surface area contributed by atoms with Gasteiger partial charge in [0.15, 0.2) is 0 Å². The largest absolute Gasteiger partial charge is 0.419 e. The Balaban J connectivity index is 1.68. The molecule has 0 spiro atoms. The second kappa shape index (κ2) is 5.56. The highest BCUT2D eigenvalue weighted by atomic mass is 32.1. The van der Waals surface area contributed by atoms with Gasteiger partial charge in [-0.25, -0.2) is 14.5 Å². The fraction of sp³-hybridized carbons (Fsp3) is 0.357. The van der Waals surface area contributed by atoms with Crippen LogP contribution in [0.25, 0.3) is 16.2 Å². The molecule has 0 aromatic carbocycles. The normalized spacial score (nSPS) is 18.4. The van der Waals surface area contributed by atoms with Crippen molar-refractivity contribution in [3.8, 4) is 11.3 Å². The van der Waals surface area contributed by atoms with E-state index >= 15 is 0 Å². The topological polar surface area (TPSA) is 98.4 Å². The van der Waals surface area contributed by atoms with Gasteiger partial charge in [-0.2, -0.15) is 13.2 Å². The molecule has 0 radical (unpaired) electrons. The van der Waals surface area contributed by atoms with Gasteiger partial charge in [-0.15, -0.1) is 5.10 Å². The molecule has 0 saturated carbocycles. The van der Waals surface area contributed by atoms with Crippen molar-refractivity contribution in [2.75, 3.05) is 23.7 Å². The summed E-state index contributed by atoms with van der Waals surface area (Å²) in [6, 6.07) is 1.09. The Morgan fingerprint density at radius 3 is 2.76 bits per heavy atom. The number of pyridine rings is 1. The maximum Gasteiger partial charge on any atom is 0.419 e. The zero-order valence-electron chi connectivity index (χ0n) is 12.9. The number of nitrogens with zero attached hydrogens (tertiary/aromatic N) is 5. The fourth-order valence-electron chi connectivity index (χ4n) is 2.76. The van der Waals surface area contributed by atoms with Gasteiger partial charge in [0.1, 0.15) is 5.82 Å². The summed E-state index contributed by atoms with van der Waals surface area (Å²) in [6.45, 7) is 1.57. The van der Waals surface area contributed by atoms with E-state index < -0.39 is 17.6 Å². The van der Waals surface area contributed by atoms with Crippen LogP contribution in [0.1, 0.15) is 12.0 Å². The summed E-state index contributed by atoms with van der Waals surface area (Å²) < 4.78 is 40.5. The molecule has 3 aromatic rings. The summed E-state index contributed by atoms with van der Waals surface area (Å²) in [6.07, 6.45) is -0.801. The highest BCUT2D eigenvalue weighted by Crippen LogP contribution is 2.35. The summed E-state index contributed by atoms with van der Waals surface area (Å²) in [4.78, 5) is 10.7. The summed E-state index contributed by atoms with van der Waals surface area (Å²) in [5, 5.41) is 5.24. The predicted octanol–water partition coefficient (Wildman–Crippen LogP) is 1.99. The lowest BCUT2D eigenvalue weighted by atomic mass is 10.1. The third kappa shape index (κ3) is 2.89. The van der Waals surface area contributed by atoms with Crippen molar-refractivity contribution < 1.29 is 13.2 Å². The molecular weight excluding hydrogens is 355 g/mol. The molecule has 1 saturated heterocycles. The van der Waals surface area contributed by atoms with Gasteiger partial charge in [-0.05, 0) is 12.5 Å². The van der Waals surface area contributed by atoms with Gasteiger partial charge < -0.3 is 16.4 Å². The summed E-state index contributed by atoms with van der Waals surface area (Å²) >= 11 is 1.37. The highest BCUT2D eigenvalue weighted by molar-refractivity contribution is 7.20. The number of hydrogen-bond donors (Lipinski definition) is 2. The first-order valence-electron chi connectivity index (χ1n) is 7.51. The SMILES string of the molecule is Nc1ncc(-c2cn3nc(N4CCC(N)C4)sc3n2)cc1C(F)(F)F. The zero-order chi connectivity index (χ0) is 17.8. The third-order valence-corrected chi connectivity index (χ3v) is 5.03. The van der Waals surface area contributed by atoms with Crippen molar-refractivity contribution in [2.45, 2.75) is 18.6 Å². The van der Waals surface area contributed by atoms with Gasteiger partial charge in [0, 0.05) is 30.9 Å². The molecule has 1 aliphatic heterocycles. The average molecular weight is 369 g/mol. The Morgan fingerprint density at radius 2 is 2.12 bits per heavy atom. The predicted molar refractivity (Wildman–Crippen MR) is 88.3 cm³/mol. The molecule has 1 atom stereocenters. The van der Waals surface area contributed by atoms with E-state index in [9.17, 15) is 13.2 Å². The minimum atomic E-state index is -4.57. The van der Waals surface area contributed by atoms with E-state index in [1.54, 1.807) is 10.7 Å². The Labute approximate surface area is 144 Å². The van der Waals surface area contributed by atoms with Gasteiger partial charge in [0.2, 0.25) is 10.1 Å². The van der Waals surface area contributed by atoms with Gasteiger partial charge in [-0.1, -0.05) is 11.3 Å². The summed E-state index contributed by atoms with van der Waals surface area (Å²) in [5.74, 6) is -0.553. The molecule has 0 aliphatic carbocycles. The van der Waals surface area contributed by atoms with E-state index in [0.29, 0.717) is 10.7 Å². The van der Waals surface area contributed by atoms with Crippen LogP contribution < -0.4 is 16.4 Å². The third-order valence-electron chi connectivity index (χ3n) is 4.05. The molecule has 7 nitrogen and oxygen atoms in total. The number of anilines is 2. The van der Waals surface area contributed by atoms with Crippen LogP contribution in [0.2, 0.25) is 0 Å². The first kappa shape index (κ1) is 16.1. The van der Waals surface area contributed by atoms with Gasteiger partial charge in [0.25, 0.3) is 0 Å². The smallest absolute Gasteiger partial charge is 0.383 e. The lowest BCUT2D eigenvalue weighted by Gasteiger charge is -2.12. The Morgan fingerprint density at radius 1 is 1.32 bits per heavy atom. The van der Waals surface area contributed by atoms with Crippen molar-refractivity contribution in [1.29, 1.82) is 0 Å². The van der Waals surface area contributed by atoms with Crippen LogP contribution in [0.5, 0.6) is 0 Å². The number of imidazole rings is 1. The number of halogens is 3. The highest BCUT2D eigenvalue weighted by Gasteiger charge is 2.34. The van der Waals surface area contributed by atoms with Crippen LogP contribution in [0.4, 0.5) is 24.1 Å². The molecular formula is C14H14F3N7S. The Kier molecular flexibility index (Phi) is 3.58. The minimum absolute atomic E-state index is 0.133. The molecule has 11 heteroatoms. The van der Waals surface area contributed by atoms with Crippen LogP contribution in [-0.2, 0) is 6.18 Å². The van der Waals surface area contributed by atoms with Crippen molar-refractivity contribution in [3.05, 3.63) is 24.0 Å². The van der Waals surface area contributed by atoms with Crippen LogP contribution >= 0.6 is 11.3 Å². The quantitative estimate of drug-likeness (QED) is 0.717. The van der Waals surface area contributed by atoms with E-state index in [-0.39, 0.29) is 11.6 Å². The lowest BCUT2D eigenvalue weighted by Crippen LogP contribution is -2.26. The monoisotopic (exact) mass is 369 g/mol. The molecule has 4 heterocycles. The molecule has 4 rings (SSSR count). The number of nitrogens with two attached hydrogens (primary N) is 2. The summed E-state index contributed by atoms with van der Waals surface area (Å²) in [7, 11) is 0. The molecule has 25 heavy (non-hydrogen) atoms. The zero-order valence-corrected chi connectivity index (χ0v) is 13.7. The summed E-state index contributed by atoms with van der Waals surface area (Å²) in [5.41, 5.74) is 10.9. The number of rotatable bonds is 2. The van der Waals surface area contributed by atoms with Crippen LogP contribution in [-0.4, -0.2) is 38.7 Å². The number of aromatic nitrogens is 4. The first-order valence-corrected chi connectivity index (χ1v) is 8.33. The van der Waals surface area contributed by atoms with Crippen molar-refractivity contribution in [2.24, 2.45) is 5.73 Å². The first-order chi connectivity index (χ1) is 11.8. The van der Waals surface area contributed by atoms with Crippen molar-refractivity contribution in [1.82, 2.24) is 19.6 Å². The standard InChI is InChI=1S/C14H14F3N7S/c15-14(16,17)9-3-7(4-20-11(9)19)10-6-24-12(21-10)25-13(22-24)23-2-1-8(18)5-23/h3-4,6,8H,1-2,5,18H2,(H2,19,20). The van der Waals surface area contributed by atoms with Crippen molar-refractivity contribution in [3.63, 3.8) is 0 Å². The minimum Gasteiger partial charge on any atom is -0.383 e. The molecule has 3 aromatic heterocycles. The average Bonchev–Trinajstić information content (AvgIpc) is 3.20. The maximum absolute atomic E-state index is 13.0. The van der Waals surface area contributed by atoms with Crippen LogP contribution in [0.3, 0.4) is 0 Å². The van der Waals surface area contributed by atoms with Crippen molar-refractivity contribution >= 4 is 27.2 Å². The van der Waals surface area contributed by atoms with E-state index in [0.717, 1.165) is 30.7 Å². The second-order valence-corrected chi connectivity index (χ2v) is 6.82. The van der Waals surface area contributed by atoms with Gasteiger partial charge >= 0.3 is 6.18 Å². The van der Waals surface area contributed by atoms with Gasteiger partial charge in [-0.3, -0.25) is 0 Å². The van der Waals surface area contributed by atoms with Crippen LogP contribution in [0.15, 0.2) is 18.5 Å². The van der Waals surface area contributed by atoms with E-state index in [4.69, 9.17) is 11.5 Å². The molecule has 1 unspecified atom stereocenters. The fourth-order valence-corrected chi connectivity index (χ4v) is 3.68. The maximum atomic E-state index is 13.0. The van der Waals surface area contributed by atoms with E-state index in [1.165, 1.54) is 17.5 Å². The molecule has 4 N–H and O–H groups in total. The Hall–Kier alpha value is -2.40. The van der Waals surface area contributed by atoms with Crippen LogP contribution in [0, 0.1) is 0 Å². The molecule has 1 aliphatic rings. The number of alkyl halides is 3. The van der Waals surface area contributed by atoms with Gasteiger partial charge in [0.05, 0.1) is 17.5 Å². The lowest BCUT2D eigenvalue weighted by molar-refractivity contribution is -0.137. The second-order valence-electron chi connectivity index (χ2n) is 5.89. The number of fused-ring (bicyclic) bond motifs is 1. The molecule has 0 amide bonds. The number of hydrogen-bond acceptors (Lipinski definition) is 7. The molecule has 1 fully saturated rings. The Bertz CT molecular complexity index is 901. The molecule has 132 valence electrons. The number of nitrogen functional groups attached to an aromatic ring is 1. The molecule has 0 bridgehead atoms.